The van der Waals surface area contributed by atoms with E-state index in [2.05, 4.69) is 5.32 Å². The molecule has 0 radical (unpaired) electrons. The number of ether oxygens (including phenoxy) is 1. The van der Waals surface area contributed by atoms with Gasteiger partial charge in [0.1, 0.15) is 0 Å². The largest absolute Gasteiger partial charge is 0.481 e. The highest BCUT2D eigenvalue weighted by atomic mass is 35.5. The number of carbonyl (C=O) groups is 2. The summed E-state index contributed by atoms with van der Waals surface area (Å²) in [4.78, 5) is 22.7. The van der Waals surface area contributed by atoms with Gasteiger partial charge in [0.15, 0.2) is 18.1 Å². The number of Topliss-reactive ketones (excluding diaryl/α,β-unsaturated/α-hetero) is 1. The van der Waals surface area contributed by atoms with Crippen LogP contribution in [0.15, 0.2) is 12.1 Å². The Morgan fingerprint density at radius 2 is 2.31 bits per heavy atom. The molecule has 0 saturated heterocycles. The van der Waals surface area contributed by atoms with Gasteiger partial charge in [-0.05, 0) is 18.6 Å². The van der Waals surface area contributed by atoms with Crippen LogP contribution in [0.1, 0.15) is 15.9 Å². The van der Waals surface area contributed by atoms with Gasteiger partial charge in [0.2, 0.25) is 0 Å². The smallest absolute Gasteiger partial charge is 0.262 e. The number of halogens is 1. The second-order valence-corrected chi connectivity index (χ2v) is 3.80. The van der Waals surface area contributed by atoms with Gasteiger partial charge in [0, 0.05) is 0 Å². The van der Waals surface area contributed by atoms with Crippen molar-refractivity contribution in [3.05, 3.63) is 23.3 Å². The first-order valence-electron chi connectivity index (χ1n) is 4.79. The molecule has 4 nitrogen and oxygen atoms in total. The van der Waals surface area contributed by atoms with Crippen molar-refractivity contribution < 1.29 is 14.3 Å². The Kier molecular flexibility index (Phi) is 2.83. The van der Waals surface area contributed by atoms with Crippen LogP contribution in [0.4, 0.5) is 5.69 Å². The van der Waals surface area contributed by atoms with Crippen LogP contribution in [-0.4, -0.2) is 24.2 Å². The molecule has 0 bridgehead atoms. The molecule has 84 valence electrons. The van der Waals surface area contributed by atoms with Crippen molar-refractivity contribution in [1.29, 1.82) is 0 Å². The molecule has 0 saturated carbocycles. The van der Waals surface area contributed by atoms with Crippen LogP contribution >= 0.6 is 11.6 Å². The van der Waals surface area contributed by atoms with E-state index in [1.165, 1.54) is 0 Å². The molecule has 1 amide bonds. The predicted octanol–water partition coefficient (Wildman–Crippen LogP) is 1.75. The van der Waals surface area contributed by atoms with Gasteiger partial charge in [-0.25, -0.2) is 0 Å². The molecule has 1 heterocycles. The standard InChI is InChI=1S/C11H10ClNO3/c1-6-2-3-7(8(14)4-12)11-10(6)13-9(15)5-16-11/h2-3H,4-5H2,1H3,(H,13,15). The number of rotatable bonds is 2. The molecule has 1 aromatic carbocycles. The second kappa shape index (κ2) is 4.14. The highest BCUT2D eigenvalue weighted by Gasteiger charge is 2.23. The quantitative estimate of drug-likeness (QED) is 0.632. The number of amides is 1. The van der Waals surface area contributed by atoms with Gasteiger partial charge in [-0.3, -0.25) is 9.59 Å². The molecule has 1 N–H and O–H groups in total. The monoisotopic (exact) mass is 239 g/mol. The molecule has 5 heteroatoms. The summed E-state index contributed by atoms with van der Waals surface area (Å²) in [6.07, 6.45) is 0. The molecule has 1 aliphatic heterocycles. The topological polar surface area (TPSA) is 55.4 Å². The highest BCUT2D eigenvalue weighted by Crippen LogP contribution is 2.35. The fraction of sp³-hybridized carbons (Fsp3) is 0.273. The van der Waals surface area contributed by atoms with Gasteiger partial charge in [-0.15, -0.1) is 11.6 Å². The maximum Gasteiger partial charge on any atom is 0.262 e. The molecule has 0 atom stereocenters. The van der Waals surface area contributed by atoms with Crippen LogP contribution in [0.2, 0.25) is 0 Å². The molecule has 0 fully saturated rings. The van der Waals surface area contributed by atoms with E-state index in [0.717, 1.165) is 5.56 Å². The Morgan fingerprint density at radius 1 is 1.56 bits per heavy atom. The van der Waals surface area contributed by atoms with Crippen LogP contribution in [-0.2, 0) is 4.79 Å². The third kappa shape index (κ3) is 1.76. The summed E-state index contributed by atoms with van der Waals surface area (Å²) < 4.78 is 5.28. The van der Waals surface area contributed by atoms with E-state index in [0.29, 0.717) is 17.0 Å². The Labute approximate surface area is 97.5 Å². The van der Waals surface area contributed by atoms with E-state index < -0.39 is 0 Å². The Bertz CT molecular complexity index is 471. The van der Waals surface area contributed by atoms with Crippen molar-refractivity contribution in [2.24, 2.45) is 0 Å². The summed E-state index contributed by atoms with van der Waals surface area (Å²) in [5, 5.41) is 2.69. The second-order valence-electron chi connectivity index (χ2n) is 3.53. The van der Waals surface area contributed by atoms with Crippen molar-refractivity contribution in [3.8, 4) is 5.75 Å². The third-order valence-corrected chi connectivity index (χ3v) is 2.64. The number of nitrogens with one attached hydrogen (secondary N) is 1. The first kappa shape index (κ1) is 11.0. The van der Waals surface area contributed by atoms with E-state index in [-0.39, 0.29) is 24.2 Å². The average molecular weight is 240 g/mol. The van der Waals surface area contributed by atoms with Crippen molar-refractivity contribution in [2.45, 2.75) is 6.92 Å². The molecule has 0 aliphatic carbocycles. The molecule has 2 rings (SSSR count). The number of carbonyl (C=O) groups excluding carboxylic acids is 2. The number of benzene rings is 1. The van der Waals surface area contributed by atoms with Crippen molar-refractivity contribution in [2.75, 3.05) is 17.8 Å². The highest BCUT2D eigenvalue weighted by molar-refractivity contribution is 6.31. The minimum atomic E-state index is -0.217. The molecule has 0 spiro atoms. The Balaban J connectivity index is 2.54. The number of aryl methyl sites for hydroxylation is 1. The van der Waals surface area contributed by atoms with E-state index in [1.807, 2.05) is 6.92 Å². The predicted molar refractivity (Wildman–Crippen MR) is 60.4 cm³/mol. The van der Waals surface area contributed by atoms with Crippen LogP contribution in [0.25, 0.3) is 0 Å². The Morgan fingerprint density at radius 3 is 3.00 bits per heavy atom. The molecular weight excluding hydrogens is 230 g/mol. The molecular formula is C11H10ClNO3. The van der Waals surface area contributed by atoms with Crippen molar-refractivity contribution in [1.82, 2.24) is 0 Å². The normalized spacial score (nSPS) is 13.8. The molecule has 16 heavy (non-hydrogen) atoms. The molecule has 0 aromatic heterocycles. The Hall–Kier alpha value is -1.55. The minimum absolute atomic E-state index is 0.0704. The minimum Gasteiger partial charge on any atom is -0.481 e. The molecule has 1 aliphatic rings. The maximum absolute atomic E-state index is 11.6. The first-order chi connectivity index (χ1) is 7.63. The van der Waals surface area contributed by atoms with Crippen molar-refractivity contribution >= 4 is 29.0 Å². The van der Waals surface area contributed by atoms with E-state index in [1.54, 1.807) is 12.1 Å². The molecule has 1 aromatic rings. The lowest BCUT2D eigenvalue weighted by molar-refractivity contribution is -0.118. The van der Waals surface area contributed by atoms with Gasteiger partial charge in [0.25, 0.3) is 5.91 Å². The van der Waals surface area contributed by atoms with Gasteiger partial charge >= 0.3 is 0 Å². The van der Waals surface area contributed by atoms with Gasteiger partial charge < -0.3 is 10.1 Å². The van der Waals surface area contributed by atoms with Crippen molar-refractivity contribution in [3.63, 3.8) is 0 Å². The number of alkyl halides is 1. The maximum atomic E-state index is 11.6. The number of hydrogen-bond acceptors (Lipinski definition) is 3. The van der Waals surface area contributed by atoms with Gasteiger partial charge in [-0.2, -0.15) is 0 Å². The zero-order valence-electron chi connectivity index (χ0n) is 8.67. The van der Waals surface area contributed by atoms with Gasteiger partial charge in [0.05, 0.1) is 17.1 Å². The number of anilines is 1. The fourth-order valence-electron chi connectivity index (χ4n) is 1.59. The summed E-state index contributed by atoms with van der Waals surface area (Å²) in [6.45, 7) is 1.77. The fourth-order valence-corrected chi connectivity index (χ4v) is 1.74. The lowest BCUT2D eigenvalue weighted by Gasteiger charge is -2.21. The van der Waals surface area contributed by atoms with Gasteiger partial charge in [-0.1, -0.05) is 6.07 Å². The van der Waals surface area contributed by atoms with Crippen LogP contribution in [0, 0.1) is 6.92 Å². The number of hydrogen-bond donors (Lipinski definition) is 1. The summed E-state index contributed by atoms with van der Waals surface area (Å²) in [7, 11) is 0. The first-order valence-corrected chi connectivity index (χ1v) is 5.32. The summed E-state index contributed by atoms with van der Waals surface area (Å²) >= 11 is 5.51. The lowest BCUT2D eigenvalue weighted by atomic mass is 10.0. The summed E-state index contributed by atoms with van der Waals surface area (Å²) in [5.41, 5.74) is 1.83. The van der Waals surface area contributed by atoms with E-state index in [4.69, 9.17) is 16.3 Å². The van der Waals surface area contributed by atoms with Crippen LogP contribution in [0.5, 0.6) is 5.75 Å². The third-order valence-electron chi connectivity index (χ3n) is 2.40. The van der Waals surface area contributed by atoms with E-state index >= 15 is 0 Å². The van der Waals surface area contributed by atoms with Crippen LogP contribution in [0.3, 0.4) is 0 Å². The summed E-state index contributed by atoms with van der Waals surface area (Å²) in [5.74, 6) is -0.113. The zero-order chi connectivity index (χ0) is 11.7. The zero-order valence-corrected chi connectivity index (χ0v) is 9.43. The SMILES string of the molecule is Cc1ccc(C(=O)CCl)c2c1NC(=O)CO2. The number of ketones is 1. The van der Waals surface area contributed by atoms with E-state index in [9.17, 15) is 9.59 Å². The number of fused-ring (bicyclic) bond motifs is 1. The lowest BCUT2D eigenvalue weighted by Crippen LogP contribution is -2.27. The average Bonchev–Trinajstić information content (AvgIpc) is 2.29. The summed E-state index contributed by atoms with van der Waals surface area (Å²) in [6, 6.07) is 3.42. The van der Waals surface area contributed by atoms with Crippen LogP contribution < -0.4 is 10.1 Å². The molecule has 0 unspecified atom stereocenters.